The molecule has 4 rings (SSSR count). The summed E-state index contributed by atoms with van der Waals surface area (Å²) in [5.74, 6) is 0.964. The average Bonchev–Trinajstić information content (AvgIpc) is 3.00. The van der Waals surface area contributed by atoms with Crippen molar-refractivity contribution in [2.45, 2.75) is 0 Å². The number of hydrogen-bond donors (Lipinski definition) is 1. The van der Waals surface area contributed by atoms with E-state index < -0.39 is 0 Å². The highest BCUT2D eigenvalue weighted by atomic mass is 19.1. The summed E-state index contributed by atoms with van der Waals surface area (Å²) in [6.45, 7) is 0. The van der Waals surface area contributed by atoms with Crippen LogP contribution in [0.1, 0.15) is 0 Å². The molecular weight excluding hydrogens is 309 g/mol. The van der Waals surface area contributed by atoms with E-state index in [2.05, 4.69) is 20.6 Å². The maximum Gasteiger partial charge on any atom is 0.250 e. The summed E-state index contributed by atoms with van der Waals surface area (Å²) in [5.41, 5.74) is 0.817. The molecule has 0 aliphatic rings. The van der Waals surface area contributed by atoms with Crippen molar-refractivity contribution in [1.82, 2.24) is 19.8 Å². The standard InChI is InChI=1S/C17H12FN5O/c18-13-8-4-5-9-14(13)19-17-21-20-15-10-11-16(22-23(15)17)24-12-6-2-1-3-7-12/h1-11H,(H,19,21). The second kappa shape index (κ2) is 5.96. The molecule has 2 heterocycles. The summed E-state index contributed by atoms with van der Waals surface area (Å²) in [7, 11) is 0. The van der Waals surface area contributed by atoms with Gasteiger partial charge in [0.25, 0.3) is 5.95 Å². The van der Waals surface area contributed by atoms with Gasteiger partial charge in [-0.25, -0.2) is 4.39 Å². The molecule has 0 radical (unpaired) electrons. The molecule has 0 saturated heterocycles. The first-order valence-electron chi connectivity index (χ1n) is 7.26. The summed E-state index contributed by atoms with van der Waals surface area (Å²) in [6, 6.07) is 19.1. The Balaban J connectivity index is 1.67. The molecule has 4 aromatic rings. The van der Waals surface area contributed by atoms with E-state index in [0.717, 1.165) is 0 Å². The van der Waals surface area contributed by atoms with Crippen molar-refractivity contribution >= 4 is 17.3 Å². The van der Waals surface area contributed by atoms with Crippen LogP contribution in [0.2, 0.25) is 0 Å². The summed E-state index contributed by atoms with van der Waals surface area (Å²) >= 11 is 0. The lowest BCUT2D eigenvalue weighted by atomic mass is 10.3. The van der Waals surface area contributed by atoms with Crippen molar-refractivity contribution in [3.8, 4) is 11.6 Å². The van der Waals surface area contributed by atoms with Crippen LogP contribution < -0.4 is 10.1 Å². The van der Waals surface area contributed by atoms with Gasteiger partial charge in [0, 0.05) is 6.07 Å². The second-order valence-electron chi connectivity index (χ2n) is 4.99. The number of nitrogens with zero attached hydrogens (tertiary/aromatic N) is 4. The minimum absolute atomic E-state index is 0.294. The van der Waals surface area contributed by atoms with Crippen LogP contribution in [-0.4, -0.2) is 19.8 Å². The Kier molecular flexibility index (Phi) is 3.51. The molecule has 0 saturated carbocycles. The quantitative estimate of drug-likeness (QED) is 0.619. The summed E-state index contributed by atoms with van der Waals surface area (Å²) in [4.78, 5) is 0. The smallest absolute Gasteiger partial charge is 0.250 e. The molecule has 7 heteroatoms. The number of anilines is 2. The fourth-order valence-electron chi connectivity index (χ4n) is 2.20. The highest BCUT2D eigenvalue weighted by Crippen LogP contribution is 2.22. The molecule has 0 aliphatic heterocycles. The third kappa shape index (κ3) is 2.74. The number of hydrogen-bond acceptors (Lipinski definition) is 5. The fourth-order valence-corrected chi connectivity index (χ4v) is 2.20. The van der Waals surface area contributed by atoms with E-state index in [0.29, 0.717) is 28.9 Å². The van der Waals surface area contributed by atoms with Gasteiger partial charge in [0.2, 0.25) is 5.88 Å². The van der Waals surface area contributed by atoms with E-state index in [4.69, 9.17) is 4.74 Å². The third-order valence-electron chi connectivity index (χ3n) is 3.32. The number of benzene rings is 2. The van der Waals surface area contributed by atoms with Gasteiger partial charge in [-0.2, -0.15) is 4.52 Å². The average molecular weight is 321 g/mol. The van der Waals surface area contributed by atoms with Crippen LogP contribution in [0.15, 0.2) is 66.7 Å². The largest absolute Gasteiger partial charge is 0.438 e. The van der Waals surface area contributed by atoms with Gasteiger partial charge in [0.15, 0.2) is 5.65 Å². The number of nitrogens with one attached hydrogen (secondary N) is 1. The molecule has 0 atom stereocenters. The molecule has 0 unspecified atom stereocenters. The van der Waals surface area contributed by atoms with Gasteiger partial charge in [-0.15, -0.1) is 15.3 Å². The number of para-hydroxylation sites is 2. The molecule has 0 fully saturated rings. The predicted molar refractivity (Wildman–Crippen MR) is 87.0 cm³/mol. The molecule has 2 aromatic heterocycles. The minimum atomic E-state index is -0.383. The number of aromatic nitrogens is 4. The van der Waals surface area contributed by atoms with E-state index in [-0.39, 0.29) is 5.82 Å². The Bertz CT molecular complexity index is 987. The maximum atomic E-state index is 13.8. The molecule has 0 amide bonds. The zero-order valence-electron chi connectivity index (χ0n) is 12.4. The Morgan fingerprint density at radius 2 is 1.67 bits per heavy atom. The zero-order valence-corrected chi connectivity index (χ0v) is 12.4. The number of fused-ring (bicyclic) bond motifs is 1. The Labute approximate surface area is 136 Å². The summed E-state index contributed by atoms with van der Waals surface area (Å²) < 4.78 is 20.9. The molecule has 0 aliphatic carbocycles. The van der Waals surface area contributed by atoms with Crippen LogP contribution in [0.5, 0.6) is 11.6 Å². The van der Waals surface area contributed by atoms with E-state index in [9.17, 15) is 4.39 Å². The fraction of sp³-hybridized carbons (Fsp3) is 0. The zero-order chi connectivity index (χ0) is 16.4. The van der Waals surface area contributed by atoms with Gasteiger partial charge < -0.3 is 10.1 Å². The van der Waals surface area contributed by atoms with Gasteiger partial charge in [-0.3, -0.25) is 0 Å². The van der Waals surface area contributed by atoms with Crippen LogP contribution in [0.25, 0.3) is 5.65 Å². The van der Waals surface area contributed by atoms with Crippen molar-refractivity contribution in [1.29, 1.82) is 0 Å². The predicted octanol–water partition coefficient (Wildman–Crippen LogP) is 3.80. The van der Waals surface area contributed by atoms with E-state index >= 15 is 0 Å². The number of rotatable bonds is 4. The van der Waals surface area contributed by atoms with E-state index in [1.807, 2.05) is 30.3 Å². The summed E-state index contributed by atoms with van der Waals surface area (Å²) in [5, 5.41) is 15.2. The Morgan fingerprint density at radius 1 is 0.875 bits per heavy atom. The van der Waals surface area contributed by atoms with Crippen LogP contribution in [0.4, 0.5) is 16.0 Å². The van der Waals surface area contributed by atoms with E-state index in [1.54, 1.807) is 30.3 Å². The maximum absolute atomic E-state index is 13.8. The van der Waals surface area contributed by atoms with Crippen molar-refractivity contribution in [2.24, 2.45) is 0 Å². The number of halogens is 1. The summed E-state index contributed by atoms with van der Waals surface area (Å²) in [6.07, 6.45) is 0. The molecule has 1 N–H and O–H groups in total. The van der Waals surface area contributed by atoms with Gasteiger partial charge >= 0.3 is 0 Å². The number of ether oxygens (including phenoxy) is 1. The molecule has 24 heavy (non-hydrogen) atoms. The van der Waals surface area contributed by atoms with Gasteiger partial charge in [-0.1, -0.05) is 30.3 Å². The molecule has 0 spiro atoms. The van der Waals surface area contributed by atoms with Crippen molar-refractivity contribution < 1.29 is 9.13 Å². The van der Waals surface area contributed by atoms with Crippen LogP contribution in [-0.2, 0) is 0 Å². The molecule has 2 aromatic carbocycles. The molecule has 118 valence electrons. The van der Waals surface area contributed by atoms with Crippen LogP contribution >= 0.6 is 0 Å². The lowest BCUT2D eigenvalue weighted by Gasteiger charge is -2.07. The van der Waals surface area contributed by atoms with Gasteiger partial charge in [0.1, 0.15) is 11.6 Å². The van der Waals surface area contributed by atoms with Crippen molar-refractivity contribution in [3.63, 3.8) is 0 Å². The van der Waals surface area contributed by atoms with Gasteiger partial charge in [-0.05, 0) is 30.3 Å². The lowest BCUT2D eigenvalue weighted by molar-refractivity contribution is 0.453. The van der Waals surface area contributed by atoms with Crippen molar-refractivity contribution in [2.75, 3.05) is 5.32 Å². The van der Waals surface area contributed by atoms with Crippen molar-refractivity contribution in [3.05, 3.63) is 72.5 Å². The Morgan fingerprint density at radius 3 is 2.50 bits per heavy atom. The molecule has 6 nitrogen and oxygen atoms in total. The monoisotopic (exact) mass is 321 g/mol. The van der Waals surface area contributed by atoms with Gasteiger partial charge in [0.05, 0.1) is 5.69 Å². The molecule has 0 bridgehead atoms. The van der Waals surface area contributed by atoms with Crippen LogP contribution in [0, 0.1) is 5.82 Å². The first kappa shape index (κ1) is 14.1. The highest BCUT2D eigenvalue weighted by Gasteiger charge is 2.10. The molecular formula is C17H12FN5O. The van der Waals surface area contributed by atoms with E-state index in [1.165, 1.54) is 10.6 Å². The SMILES string of the molecule is Fc1ccccc1Nc1nnc2ccc(Oc3ccccc3)nn12. The minimum Gasteiger partial charge on any atom is -0.438 e. The normalized spacial score (nSPS) is 10.7. The third-order valence-corrected chi connectivity index (χ3v) is 3.32. The highest BCUT2D eigenvalue weighted by molar-refractivity contribution is 5.56. The topological polar surface area (TPSA) is 64.3 Å². The lowest BCUT2D eigenvalue weighted by Crippen LogP contribution is -2.02. The first-order valence-corrected chi connectivity index (χ1v) is 7.26. The van der Waals surface area contributed by atoms with Crippen LogP contribution in [0.3, 0.4) is 0 Å². The second-order valence-corrected chi connectivity index (χ2v) is 4.99. The first-order chi connectivity index (χ1) is 11.8. The Hall–Kier alpha value is -3.48.